The van der Waals surface area contributed by atoms with E-state index in [0.29, 0.717) is 12.2 Å². The van der Waals surface area contributed by atoms with Crippen molar-refractivity contribution in [2.75, 3.05) is 7.11 Å². The highest BCUT2D eigenvalue weighted by Gasteiger charge is 2.19. The molecule has 0 saturated heterocycles. The summed E-state index contributed by atoms with van der Waals surface area (Å²) in [4.78, 5) is 3.17. The number of nitrogens with one attached hydrogen (secondary N) is 1. The van der Waals surface area contributed by atoms with Gasteiger partial charge in [-0.1, -0.05) is 0 Å². The van der Waals surface area contributed by atoms with Crippen LogP contribution in [0.5, 0.6) is 23.0 Å². The molecular formula is C18H15NO5. The first kappa shape index (κ1) is 14.3. The first-order valence-corrected chi connectivity index (χ1v) is 7.37. The number of fused-ring (bicyclic) bond motifs is 2. The van der Waals surface area contributed by atoms with E-state index in [1.54, 1.807) is 7.11 Å². The monoisotopic (exact) mass is 325 g/mol. The zero-order valence-electron chi connectivity index (χ0n) is 12.8. The second kappa shape index (κ2) is 5.13. The normalized spacial score (nSPS) is 11.4. The molecule has 4 aromatic rings. The molecule has 2 aromatic heterocycles. The predicted molar refractivity (Wildman–Crippen MR) is 88.9 cm³/mol. The first-order chi connectivity index (χ1) is 11.6. The van der Waals surface area contributed by atoms with Gasteiger partial charge in [0, 0.05) is 35.7 Å². The van der Waals surface area contributed by atoms with Gasteiger partial charge < -0.3 is 29.5 Å². The minimum Gasteiger partial charge on any atom is -0.508 e. The Kier molecular flexibility index (Phi) is 3.06. The number of hydrogen-bond acceptors (Lipinski definition) is 5. The molecule has 6 nitrogen and oxygen atoms in total. The Balaban J connectivity index is 1.82. The van der Waals surface area contributed by atoms with Crippen LogP contribution in [0.1, 0.15) is 11.3 Å². The number of methoxy groups -OCH3 is 1. The number of phenols is 2. The van der Waals surface area contributed by atoms with Gasteiger partial charge in [0.2, 0.25) is 0 Å². The van der Waals surface area contributed by atoms with Crippen LogP contribution in [0.25, 0.3) is 21.9 Å². The number of furan rings is 1. The highest BCUT2D eigenvalue weighted by molar-refractivity contribution is 5.92. The van der Waals surface area contributed by atoms with Gasteiger partial charge in [0.15, 0.2) is 11.5 Å². The van der Waals surface area contributed by atoms with Crippen molar-refractivity contribution >= 4 is 21.9 Å². The van der Waals surface area contributed by atoms with Gasteiger partial charge in [0.05, 0.1) is 7.11 Å². The van der Waals surface area contributed by atoms with E-state index in [1.165, 1.54) is 6.07 Å². The summed E-state index contributed by atoms with van der Waals surface area (Å²) >= 11 is 0. The molecule has 2 aromatic carbocycles. The molecule has 122 valence electrons. The lowest BCUT2D eigenvalue weighted by atomic mass is 10.1. The summed E-state index contributed by atoms with van der Waals surface area (Å²) in [6.07, 6.45) is 2.17. The maximum absolute atomic E-state index is 10.4. The summed E-state index contributed by atoms with van der Waals surface area (Å²) in [5.74, 6) is 0.573. The molecule has 2 heterocycles. The van der Waals surface area contributed by atoms with Crippen LogP contribution in [0.2, 0.25) is 0 Å². The molecule has 4 rings (SSSR count). The number of aromatic amines is 1. The molecule has 24 heavy (non-hydrogen) atoms. The molecule has 0 atom stereocenters. The van der Waals surface area contributed by atoms with Crippen molar-refractivity contribution in [3.8, 4) is 23.0 Å². The summed E-state index contributed by atoms with van der Waals surface area (Å²) in [5.41, 5.74) is 2.10. The van der Waals surface area contributed by atoms with Crippen LogP contribution >= 0.6 is 0 Å². The molecular weight excluding hydrogens is 310 g/mol. The van der Waals surface area contributed by atoms with Crippen LogP contribution in [-0.2, 0) is 6.42 Å². The van der Waals surface area contributed by atoms with Crippen LogP contribution in [0.15, 0.2) is 40.9 Å². The van der Waals surface area contributed by atoms with Gasteiger partial charge in [-0.25, -0.2) is 0 Å². The Hall–Kier alpha value is -3.28. The summed E-state index contributed by atoms with van der Waals surface area (Å²) in [6, 6.07) is 8.21. The summed E-state index contributed by atoms with van der Waals surface area (Å²) < 4.78 is 10.9. The Bertz CT molecular complexity index is 1060. The molecule has 0 unspecified atom stereocenters. The lowest BCUT2D eigenvalue weighted by molar-refractivity contribution is 0.415. The summed E-state index contributed by atoms with van der Waals surface area (Å²) in [6.45, 7) is 0. The second-order valence-corrected chi connectivity index (χ2v) is 5.61. The quantitative estimate of drug-likeness (QED) is 0.461. The molecule has 0 aliphatic rings. The summed E-state index contributed by atoms with van der Waals surface area (Å²) in [5, 5.41) is 31.0. The second-order valence-electron chi connectivity index (χ2n) is 5.61. The molecule has 4 N–H and O–H groups in total. The largest absolute Gasteiger partial charge is 0.508 e. The SMILES string of the molecule is COc1ccc2[nH]cc(Cc3oc4cc(O)cc(O)c4c3O)c2c1. The van der Waals surface area contributed by atoms with Gasteiger partial charge >= 0.3 is 0 Å². The molecule has 0 radical (unpaired) electrons. The molecule has 0 aliphatic heterocycles. The van der Waals surface area contributed by atoms with Gasteiger partial charge in [-0.05, 0) is 23.8 Å². The Morgan fingerprint density at radius 2 is 1.96 bits per heavy atom. The van der Waals surface area contributed by atoms with E-state index in [4.69, 9.17) is 9.15 Å². The van der Waals surface area contributed by atoms with Crippen molar-refractivity contribution in [1.82, 2.24) is 4.98 Å². The number of benzene rings is 2. The van der Waals surface area contributed by atoms with Crippen LogP contribution in [0.3, 0.4) is 0 Å². The van der Waals surface area contributed by atoms with Crippen molar-refractivity contribution < 1.29 is 24.5 Å². The van der Waals surface area contributed by atoms with E-state index in [1.807, 2.05) is 24.4 Å². The van der Waals surface area contributed by atoms with Crippen molar-refractivity contribution in [2.24, 2.45) is 0 Å². The van der Waals surface area contributed by atoms with E-state index >= 15 is 0 Å². The number of aromatic nitrogens is 1. The van der Waals surface area contributed by atoms with Gasteiger partial charge in [-0.15, -0.1) is 0 Å². The van der Waals surface area contributed by atoms with E-state index in [0.717, 1.165) is 28.3 Å². The number of aromatic hydroxyl groups is 3. The van der Waals surface area contributed by atoms with E-state index in [-0.39, 0.29) is 28.2 Å². The van der Waals surface area contributed by atoms with Gasteiger partial charge in [-0.3, -0.25) is 0 Å². The molecule has 0 bridgehead atoms. The number of H-pyrrole nitrogens is 1. The lowest BCUT2D eigenvalue weighted by Crippen LogP contribution is -1.86. The Labute approximate surface area is 136 Å². The fourth-order valence-electron chi connectivity index (χ4n) is 2.95. The highest BCUT2D eigenvalue weighted by Crippen LogP contribution is 2.41. The molecule has 0 spiro atoms. The number of rotatable bonds is 3. The molecule has 0 amide bonds. The zero-order chi connectivity index (χ0) is 16.8. The van der Waals surface area contributed by atoms with E-state index in [9.17, 15) is 15.3 Å². The van der Waals surface area contributed by atoms with Crippen LogP contribution in [0.4, 0.5) is 0 Å². The first-order valence-electron chi connectivity index (χ1n) is 7.37. The maximum atomic E-state index is 10.4. The predicted octanol–water partition coefficient (Wildman–Crippen LogP) is 3.63. The van der Waals surface area contributed by atoms with Gasteiger partial charge in [0.25, 0.3) is 0 Å². The molecule has 0 aliphatic carbocycles. The Morgan fingerprint density at radius 1 is 1.12 bits per heavy atom. The smallest absolute Gasteiger partial charge is 0.169 e. The van der Waals surface area contributed by atoms with E-state index < -0.39 is 0 Å². The minimum atomic E-state index is -0.224. The fourth-order valence-corrected chi connectivity index (χ4v) is 2.95. The Morgan fingerprint density at radius 3 is 2.75 bits per heavy atom. The average Bonchev–Trinajstić information content (AvgIpc) is 3.09. The summed E-state index contributed by atoms with van der Waals surface area (Å²) in [7, 11) is 1.60. The lowest BCUT2D eigenvalue weighted by Gasteiger charge is -2.01. The van der Waals surface area contributed by atoms with Crippen molar-refractivity contribution in [2.45, 2.75) is 6.42 Å². The number of ether oxygens (including phenoxy) is 1. The zero-order valence-corrected chi connectivity index (χ0v) is 12.8. The van der Waals surface area contributed by atoms with Gasteiger partial charge in [0.1, 0.15) is 28.2 Å². The number of hydrogen-bond donors (Lipinski definition) is 4. The number of phenolic OH excluding ortho intramolecular Hbond substituents is 2. The van der Waals surface area contributed by atoms with Crippen molar-refractivity contribution in [3.05, 3.63) is 47.9 Å². The third-order valence-corrected chi connectivity index (χ3v) is 4.13. The van der Waals surface area contributed by atoms with Crippen LogP contribution in [-0.4, -0.2) is 27.4 Å². The minimum absolute atomic E-state index is 0.125. The molecule has 0 fully saturated rings. The molecule has 0 saturated carbocycles. The molecule has 6 heteroatoms. The third-order valence-electron chi connectivity index (χ3n) is 4.13. The highest BCUT2D eigenvalue weighted by atomic mass is 16.5. The van der Waals surface area contributed by atoms with Crippen LogP contribution < -0.4 is 4.74 Å². The average molecular weight is 325 g/mol. The fraction of sp³-hybridized carbons (Fsp3) is 0.111. The van der Waals surface area contributed by atoms with Crippen molar-refractivity contribution in [1.29, 1.82) is 0 Å². The standard InChI is InChI=1S/C18H15NO5/c1-23-11-2-3-13-12(7-11)9(8-19-13)4-16-18(22)17-14(21)5-10(20)6-15(17)24-16/h2-3,5-8,19-22H,4H2,1H3. The van der Waals surface area contributed by atoms with Gasteiger partial charge in [-0.2, -0.15) is 0 Å². The maximum Gasteiger partial charge on any atom is 0.169 e. The van der Waals surface area contributed by atoms with Crippen LogP contribution in [0, 0.1) is 0 Å². The topological polar surface area (TPSA) is 98.9 Å². The van der Waals surface area contributed by atoms with Crippen molar-refractivity contribution in [3.63, 3.8) is 0 Å². The third kappa shape index (κ3) is 2.11. The van der Waals surface area contributed by atoms with E-state index in [2.05, 4.69) is 4.98 Å².